The first kappa shape index (κ1) is 20.6. The van der Waals surface area contributed by atoms with E-state index in [2.05, 4.69) is 28.6 Å². The molecule has 0 saturated carbocycles. The summed E-state index contributed by atoms with van der Waals surface area (Å²) in [7, 11) is 1.67. The summed E-state index contributed by atoms with van der Waals surface area (Å²) in [6.07, 6.45) is 3.61. The number of benzene rings is 2. The van der Waals surface area contributed by atoms with Gasteiger partial charge in [-0.2, -0.15) is 0 Å². The Morgan fingerprint density at radius 1 is 1.14 bits per heavy atom. The first-order chi connectivity index (χ1) is 13.5. The van der Waals surface area contributed by atoms with Gasteiger partial charge in [-0.15, -0.1) is 7.92 Å². The number of halogens is 2. The lowest BCUT2D eigenvalue weighted by molar-refractivity contribution is 0.295. The van der Waals surface area contributed by atoms with Crippen molar-refractivity contribution in [1.29, 1.82) is 0 Å². The number of nitrogens with zero attached hydrogens (tertiary/aromatic N) is 2. The predicted molar refractivity (Wildman–Crippen MR) is 115 cm³/mol. The minimum absolute atomic E-state index is 0.0425. The van der Waals surface area contributed by atoms with Gasteiger partial charge in [0.1, 0.15) is 18.0 Å². The molecular formula is C20H22ClFN3O2P. The van der Waals surface area contributed by atoms with Crippen molar-refractivity contribution in [3.8, 4) is 11.5 Å². The summed E-state index contributed by atoms with van der Waals surface area (Å²) in [5.41, 5.74) is 1.34. The molecule has 2 aromatic carbocycles. The lowest BCUT2D eigenvalue weighted by atomic mass is 10.2. The van der Waals surface area contributed by atoms with Crippen LogP contribution in [0, 0.1) is 5.82 Å². The maximum atomic E-state index is 13.4. The van der Waals surface area contributed by atoms with Crippen molar-refractivity contribution in [2.24, 2.45) is 0 Å². The number of methoxy groups -OCH3 is 1. The van der Waals surface area contributed by atoms with E-state index in [9.17, 15) is 4.39 Å². The van der Waals surface area contributed by atoms with E-state index in [0.717, 1.165) is 18.0 Å². The molecule has 0 spiro atoms. The Kier molecular flexibility index (Phi) is 6.87. The third-order valence-corrected chi connectivity index (χ3v) is 5.61. The molecule has 0 aliphatic carbocycles. The van der Waals surface area contributed by atoms with Crippen LogP contribution >= 0.6 is 19.5 Å². The lowest BCUT2D eigenvalue weighted by Gasteiger charge is -2.14. The highest BCUT2D eigenvalue weighted by atomic mass is 35.5. The van der Waals surface area contributed by atoms with E-state index in [1.807, 2.05) is 12.1 Å². The number of ether oxygens (including phenoxy) is 2. The zero-order valence-electron chi connectivity index (χ0n) is 16.0. The summed E-state index contributed by atoms with van der Waals surface area (Å²) in [6.45, 7) is 5.12. The van der Waals surface area contributed by atoms with Crippen molar-refractivity contribution in [1.82, 2.24) is 9.97 Å². The number of rotatable bonds is 8. The monoisotopic (exact) mass is 421 g/mol. The van der Waals surface area contributed by atoms with E-state index < -0.39 is 5.82 Å². The fraction of sp³-hybridized carbons (Fsp3) is 0.300. The number of hydrogen-bond donors (Lipinski definition) is 1. The van der Waals surface area contributed by atoms with Crippen LogP contribution in [0.4, 0.5) is 15.9 Å². The molecule has 0 fully saturated rings. The van der Waals surface area contributed by atoms with Crippen molar-refractivity contribution in [3.05, 3.63) is 47.5 Å². The average molecular weight is 422 g/mol. The van der Waals surface area contributed by atoms with Crippen molar-refractivity contribution in [2.75, 3.05) is 38.5 Å². The normalized spacial score (nSPS) is 11.1. The molecular weight excluding hydrogens is 400 g/mol. The second kappa shape index (κ2) is 9.35. The predicted octanol–water partition coefficient (Wildman–Crippen LogP) is 5.68. The van der Waals surface area contributed by atoms with E-state index in [1.165, 1.54) is 18.5 Å². The average Bonchev–Trinajstić information content (AvgIpc) is 2.67. The Hall–Kier alpha value is -2.17. The van der Waals surface area contributed by atoms with Crippen molar-refractivity contribution in [3.63, 3.8) is 0 Å². The second-order valence-electron chi connectivity index (χ2n) is 6.50. The molecule has 1 aromatic heterocycles. The van der Waals surface area contributed by atoms with Gasteiger partial charge >= 0.3 is 0 Å². The third-order valence-electron chi connectivity index (χ3n) is 4.11. The first-order valence-corrected chi connectivity index (χ1v) is 11.6. The maximum absolute atomic E-state index is 13.4. The Labute approximate surface area is 170 Å². The fourth-order valence-corrected chi connectivity index (χ4v) is 3.65. The Balaban J connectivity index is 1.90. The molecule has 3 rings (SSSR count). The molecule has 0 unspecified atom stereocenters. The second-order valence-corrected chi connectivity index (χ2v) is 9.52. The molecule has 0 aliphatic heterocycles. The molecule has 8 heteroatoms. The van der Waals surface area contributed by atoms with Gasteiger partial charge in [0.25, 0.3) is 0 Å². The van der Waals surface area contributed by atoms with Crippen LogP contribution in [0.2, 0.25) is 5.02 Å². The molecule has 0 radical (unpaired) electrons. The number of aromatic nitrogens is 2. The van der Waals surface area contributed by atoms with Gasteiger partial charge in [-0.3, -0.25) is 0 Å². The van der Waals surface area contributed by atoms with E-state index in [4.69, 9.17) is 21.1 Å². The summed E-state index contributed by atoms with van der Waals surface area (Å²) in [5.74, 6) is 1.37. The first-order valence-electron chi connectivity index (χ1n) is 8.80. The minimum atomic E-state index is -0.469. The largest absolute Gasteiger partial charge is 0.493 e. The van der Waals surface area contributed by atoms with Gasteiger partial charge in [0.2, 0.25) is 0 Å². The van der Waals surface area contributed by atoms with E-state index in [-0.39, 0.29) is 12.9 Å². The van der Waals surface area contributed by atoms with Crippen molar-refractivity contribution >= 4 is 41.9 Å². The van der Waals surface area contributed by atoms with Crippen molar-refractivity contribution < 1.29 is 13.9 Å². The number of fused-ring (bicyclic) bond motifs is 1. The fourth-order valence-electron chi connectivity index (χ4n) is 2.71. The highest BCUT2D eigenvalue weighted by Gasteiger charge is 2.12. The molecule has 0 bridgehead atoms. The number of hydrogen-bond acceptors (Lipinski definition) is 5. The zero-order chi connectivity index (χ0) is 20.1. The standard InChI is InChI=1S/C20H22ClFN3O2P/c1-26-18-11-17-14(10-19(18)27-7-4-8-28(2)3)20(24-12-23-17)25-13-5-6-16(22)15(21)9-13/h5-6,9-12H,4,7-8H2,1-3H3,(H,23,24,25). The topological polar surface area (TPSA) is 56.3 Å². The molecule has 1 N–H and O–H groups in total. The smallest absolute Gasteiger partial charge is 0.162 e. The molecule has 28 heavy (non-hydrogen) atoms. The summed E-state index contributed by atoms with van der Waals surface area (Å²) in [4.78, 5) is 8.63. The number of nitrogens with one attached hydrogen (secondary N) is 1. The SMILES string of the molecule is COc1cc2ncnc(Nc3ccc(F)c(Cl)c3)c2cc1OCCCP(C)C. The minimum Gasteiger partial charge on any atom is -0.493 e. The lowest BCUT2D eigenvalue weighted by Crippen LogP contribution is -2.02. The molecule has 148 valence electrons. The molecule has 0 amide bonds. The molecule has 0 saturated heterocycles. The molecule has 0 atom stereocenters. The maximum Gasteiger partial charge on any atom is 0.162 e. The Morgan fingerprint density at radius 3 is 2.68 bits per heavy atom. The Morgan fingerprint density at radius 2 is 1.96 bits per heavy atom. The highest BCUT2D eigenvalue weighted by molar-refractivity contribution is 7.55. The zero-order valence-corrected chi connectivity index (χ0v) is 17.6. The van der Waals surface area contributed by atoms with E-state index in [1.54, 1.807) is 13.2 Å². The molecule has 0 aliphatic rings. The van der Waals surface area contributed by atoms with Crippen LogP contribution in [0.25, 0.3) is 10.9 Å². The van der Waals surface area contributed by atoms with Gasteiger partial charge in [0.15, 0.2) is 11.5 Å². The van der Waals surface area contributed by atoms with Crippen LogP contribution in [-0.2, 0) is 0 Å². The summed E-state index contributed by atoms with van der Waals surface area (Å²) >= 11 is 5.87. The Bertz CT molecular complexity index is 972. The summed E-state index contributed by atoms with van der Waals surface area (Å²) in [6, 6.07) is 8.11. The van der Waals surface area contributed by atoms with Gasteiger partial charge in [-0.25, -0.2) is 14.4 Å². The van der Waals surface area contributed by atoms with Gasteiger partial charge in [-0.1, -0.05) is 11.6 Å². The van der Waals surface area contributed by atoms with Crippen LogP contribution in [0.3, 0.4) is 0 Å². The van der Waals surface area contributed by atoms with Crippen LogP contribution in [0.1, 0.15) is 6.42 Å². The highest BCUT2D eigenvalue weighted by Crippen LogP contribution is 2.35. The van der Waals surface area contributed by atoms with Crippen LogP contribution in [-0.4, -0.2) is 43.2 Å². The van der Waals surface area contributed by atoms with E-state index in [0.29, 0.717) is 35.1 Å². The van der Waals surface area contributed by atoms with Gasteiger partial charge in [0, 0.05) is 17.1 Å². The summed E-state index contributed by atoms with van der Waals surface area (Å²) < 4.78 is 24.8. The quantitative estimate of drug-likeness (QED) is 0.374. The summed E-state index contributed by atoms with van der Waals surface area (Å²) in [5, 5.41) is 3.98. The van der Waals surface area contributed by atoms with Gasteiger partial charge in [-0.05, 0) is 50.2 Å². The third kappa shape index (κ3) is 5.00. The molecule has 5 nitrogen and oxygen atoms in total. The number of anilines is 2. The molecule has 1 heterocycles. The van der Waals surface area contributed by atoms with Crippen LogP contribution in [0.15, 0.2) is 36.7 Å². The molecule has 3 aromatic rings. The van der Waals surface area contributed by atoms with Crippen molar-refractivity contribution in [2.45, 2.75) is 6.42 Å². The van der Waals surface area contributed by atoms with Crippen LogP contribution in [0.5, 0.6) is 11.5 Å². The van der Waals surface area contributed by atoms with Gasteiger partial charge in [0.05, 0.1) is 24.3 Å². The van der Waals surface area contributed by atoms with E-state index >= 15 is 0 Å². The van der Waals surface area contributed by atoms with Gasteiger partial charge < -0.3 is 14.8 Å². The van der Waals surface area contributed by atoms with Crippen LogP contribution < -0.4 is 14.8 Å².